The summed E-state index contributed by atoms with van der Waals surface area (Å²) in [6.45, 7) is 3.72. The highest BCUT2D eigenvalue weighted by Gasteiger charge is 2.44. The maximum atomic E-state index is 14.3. The number of hydrogen-bond donors (Lipinski definition) is 6. The molecule has 0 spiro atoms. The Hall–Kier alpha value is -5.11. The average molecular weight is 725 g/mol. The number of amides is 3. The van der Waals surface area contributed by atoms with Crippen LogP contribution >= 0.6 is 11.3 Å². The molecular weight excluding hydrogens is 682 g/mol. The zero-order valence-electron chi connectivity index (χ0n) is 28.3. The van der Waals surface area contributed by atoms with E-state index >= 15 is 0 Å². The summed E-state index contributed by atoms with van der Waals surface area (Å²) in [5, 5.41) is 31.4. The molecule has 4 rings (SSSR count). The van der Waals surface area contributed by atoms with Crippen LogP contribution in [0, 0.1) is 5.92 Å². The molecule has 6 N–H and O–H groups in total. The second-order valence-electron chi connectivity index (χ2n) is 12.9. The van der Waals surface area contributed by atoms with Crippen LogP contribution in [-0.2, 0) is 38.4 Å². The minimum Gasteiger partial charge on any atom is -0.478 e. The molecule has 0 saturated carbocycles. The van der Waals surface area contributed by atoms with Crippen molar-refractivity contribution in [2.24, 2.45) is 5.92 Å². The third kappa shape index (κ3) is 10.9. The van der Waals surface area contributed by atoms with Crippen LogP contribution in [0.15, 0.2) is 66.1 Å². The van der Waals surface area contributed by atoms with Crippen LogP contribution in [0.5, 0.6) is 0 Å². The molecular formula is C37H42F2N4O7S. The first-order valence-electron chi connectivity index (χ1n) is 16.6. The fraction of sp³-hybridized carbons (Fsp3) is 0.378. The molecule has 0 aliphatic carbocycles. The van der Waals surface area contributed by atoms with E-state index in [2.05, 4.69) is 21.3 Å². The number of aliphatic carboxylic acids is 1. The van der Waals surface area contributed by atoms with Crippen molar-refractivity contribution in [2.45, 2.75) is 76.4 Å². The van der Waals surface area contributed by atoms with Crippen molar-refractivity contribution in [3.05, 3.63) is 93.2 Å². The van der Waals surface area contributed by atoms with Gasteiger partial charge in [-0.2, -0.15) is 0 Å². The number of hydrogen-bond acceptors (Lipinski definition) is 7. The quantitative estimate of drug-likeness (QED) is 0.107. The van der Waals surface area contributed by atoms with Crippen molar-refractivity contribution in [3.63, 3.8) is 0 Å². The van der Waals surface area contributed by atoms with Crippen molar-refractivity contribution in [2.75, 3.05) is 11.9 Å². The van der Waals surface area contributed by atoms with Gasteiger partial charge in [-0.05, 0) is 77.4 Å². The number of rotatable bonds is 17. The van der Waals surface area contributed by atoms with Gasteiger partial charge in [0.2, 0.25) is 24.1 Å². The van der Waals surface area contributed by atoms with Crippen LogP contribution in [-0.4, -0.2) is 70.5 Å². The van der Waals surface area contributed by atoms with Crippen LogP contribution < -0.4 is 21.3 Å². The van der Waals surface area contributed by atoms with Gasteiger partial charge in [0.05, 0.1) is 0 Å². The highest BCUT2D eigenvalue weighted by Crippen LogP contribution is 2.35. The molecule has 11 nitrogen and oxygen atoms in total. The van der Waals surface area contributed by atoms with E-state index in [1.165, 1.54) is 6.08 Å². The second-order valence-corrected chi connectivity index (χ2v) is 13.8. The minimum absolute atomic E-state index is 0.0173. The summed E-state index contributed by atoms with van der Waals surface area (Å²) in [5.74, 6) is -4.51. The Morgan fingerprint density at radius 1 is 0.961 bits per heavy atom. The molecule has 3 amide bonds. The Labute approximate surface area is 298 Å². The van der Waals surface area contributed by atoms with Gasteiger partial charge in [0, 0.05) is 31.1 Å². The number of benzene rings is 2. The molecule has 1 unspecified atom stereocenters. The molecule has 272 valence electrons. The monoisotopic (exact) mass is 724 g/mol. The highest BCUT2D eigenvalue weighted by molar-refractivity contribution is 7.12. The molecule has 2 aromatic carbocycles. The van der Waals surface area contributed by atoms with Gasteiger partial charge in [-0.15, -0.1) is 11.3 Å². The molecule has 3 aromatic rings. The van der Waals surface area contributed by atoms with Gasteiger partial charge in [-0.3, -0.25) is 14.4 Å². The lowest BCUT2D eigenvalue weighted by Crippen LogP contribution is -2.61. The van der Waals surface area contributed by atoms with Gasteiger partial charge in [0.1, 0.15) is 22.5 Å². The number of carbonyl (C=O) groups excluding carboxylic acids is 3. The molecule has 1 aliphatic rings. The molecule has 0 bridgehead atoms. The number of carbonyl (C=O) groups is 5. The Morgan fingerprint density at radius 3 is 2.41 bits per heavy atom. The summed E-state index contributed by atoms with van der Waals surface area (Å²) in [4.78, 5) is 64.0. The highest BCUT2D eigenvalue weighted by atomic mass is 32.1. The number of para-hydroxylation sites is 1. The van der Waals surface area contributed by atoms with E-state index in [0.29, 0.717) is 29.7 Å². The van der Waals surface area contributed by atoms with Crippen molar-refractivity contribution < 1.29 is 43.0 Å². The van der Waals surface area contributed by atoms with Crippen LogP contribution in [0.4, 0.5) is 14.5 Å². The molecule has 0 radical (unpaired) electrons. The average Bonchev–Trinajstić information content (AvgIpc) is 3.54. The molecule has 51 heavy (non-hydrogen) atoms. The molecule has 0 saturated heterocycles. The van der Waals surface area contributed by atoms with E-state index in [1.54, 1.807) is 35.7 Å². The predicted octanol–water partition coefficient (Wildman–Crippen LogP) is 4.91. The zero-order valence-corrected chi connectivity index (χ0v) is 29.1. The SMILES string of the molecule is CC(C)C[C@H](NC(=O)C1(Cc2ccsc2C(=O)O)CCc2ccccc2N1)C(=O)N[C@@H](CC(F)F)C(=O)NCCc1cccc(/C=C/C(=O)O)c1. The Morgan fingerprint density at radius 2 is 1.71 bits per heavy atom. The zero-order chi connectivity index (χ0) is 37.1. The maximum absolute atomic E-state index is 14.3. The minimum atomic E-state index is -2.92. The fourth-order valence-electron chi connectivity index (χ4n) is 6.05. The lowest BCUT2D eigenvalue weighted by atomic mass is 9.80. The van der Waals surface area contributed by atoms with Gasteiger partial charge < -0.3 is 31.5 Å². The van der Waals surface area contributed by atoms with Crippen molar-refractivity contribution in [3.8, 4) is 0 Å². The van der Waals surface area contributed by atoms with Crippen molar-refractivity contribution in [1.29, 1.82) is 0 Å². The van der Waals surface area contributed by atoms with Gasteiger partial charge in [-0.25, -0.2) is 18.4 Å². The third-order valence-electron chi connectivity index (χ3n) is 8.54. The lowest BCUT2D eigenvalue weighted by molar-refractivity contribution is -0.134. The number of halogens is 2. The van der Waals surface area contributed by atoms with Crippen LogP contribution in [0.25, 0.3) is 6.08 Å². The van der Waals surface area contributed by atoms with E-state index in [0.717, 1.165) is 28.5 Å². The van der Waals surface area contributed by atoms with E-state index < -0.39 is 60.1 Å². The van der Waals surface area contributed by atoms with Gasteiger partial charge in [0.25, 0.3) is 0 Å². The predicted molar refractivity (Wildman–Crippen MR) is 190 cm³/mol. The standard InChI is InChI=1S/C37H42F2N4O7S/c1-22(2)18-28(34(47)41-29(20-30(38)39)33(46)40-16-13-24-7-5-6-23(19-24)10-11-31(44)45)42-36(50)37(21-26-14-17-51-32(26)35(48)49)15-12-25-8-3-4-9-27(25)43-37/h3-11,14,17,19,22,28-30,43H,12-13,15-16,18,20-21H2,1-2H3,(H,40,46)(H,41,47)(H,42,50)(H,44,45)(H,48,49)/b11-10+/t28-,29-,37?/m0/s1. The van der Waals surface area contributed by atoms with E-state index in [9.17, 15) is 37.9 Å². The molecule has 0 fully saturated rings. The summed E-state index contributed by atoms with van der Waals surface area (Å²) in [7, 11) is 0. The van der Waals surface area contributed by atoms with E-state index in [1.807, 2.05) is 38.1 Å². The van der Waals surface area contributed by atoms with E-state index in [-0.39, 0.29) is 36.6 Å². The van der Waals surface area contributed by atoms with Gasteiger partial charge in [0.15, 0.2) is 0 Å². The Bertz CT molecular complexity index is 1760. The number of thiophene rings is 1. The number of alkyl halides is 2. The maximum Gasteiger partial charge on any atom is 0.346 e. The first kappa shape index (κ1) is 38.7. The molecule has 2 heterocycles. The third-order valence-corrected chi connectivity index (χ3v) is 9.48. The van der Waals surface area contributed by atoms with Gasteiger partial charge in [-0.1, -0.05) is 56.3 Å². The number of aromatic carboxylic acids is 1. The number of carboxylic acids is 2. The topological polar surface area (TPSA) is 174 Å². The Kier molecular flexibility index (Phi) is 13.4. The van der Waals surface area contributed by atoms with Gasteiger partial charge >= 0.3 is 11.9 Å². The van der Waals surface area contributed by atoms with Crippen molar-refractivity contribution in [1.82, 2.24) is 16.0 Å². The second kappa shape index (κ2) is 17.7. The molecule has 1 aliphatic heterocycles. The Balaban J connectivity index is 1.50. The van der Waals surface area contributed by atoms with Crippen molar-refractivity contribution >= 4 is 52.8 Å². The number of carboxylic acid groups (broad SMARTS) is 2. The summed E-state index contributed by atoms with van der Waals surface area (Å²) in [6.07, 6.45) is -0.188. The first-order valence-corrected chi connectivity index (χ1v) is 17.5. The van der Waals surface area contributed by atoms with E-state index in [4.69, 9.17) is 5.11 Å². The molecule has 3 atom stereocenters. The lowest BCUT2D eigenvalue weighted by Gasteiger charge is -2.40. The summed E-state index contributed by atoms with van der Waals surface area (Å²) in [5.41, 5.74) is 2.20. The summed E-state index contributed by atoms with van der Waals surface area (Å²) in [6, 6.07) is 13.3. The number of aryl methyl sites for hydroxylation is 1. The van der Waals surface area contributed by atoms with Crippen LogP contribution in [0.2, 0.25) is 0 Å². The number of anilines is 1. The van der Waals surface area contributed by atoms with Crippen LogP contribution in [0.3, 0.4) is 0 Å². The summed E-state index contributed by atoms with van der Waals surface area (Å²) >= 11 is 1.05. The largest absolute Gasteiger partial charge is 0.478 e. The smallest absolute Gasteiger partial charge is 0.346 e. The molecule has 1 aromatic heterocycles. The number of nitrogens with one attached hydrogen (secondary N) is 4. The molecule has 14 heteroatoms. The van der Waals surface area contributed by atoms with Crippen LogP contribution in [0.1, 0.15) is 65.0 Å². The number of fused-ring (bicyclic) bond motifs is 1. The fourth-order valence-corrected chi connectivity index (χ4v) is 6.81. The first-order chi connectivity index (χ1) is 24.3. The normalized spacial score (nSPS) is 16.6. The summed E-state index contributed by atoms with van der Waals surface area (Å²) < 4.78 is 27.3.